The minimum absolute atomic E-state index is 0.685. The van der Waals surface area contributed by atoms with E-state index >= 15 is 0 Å². The fraction of sp³-hybridized carbons (Fsp3) is 0.100. The molecule has 0 bridgehead atoms. The zero-order valence-corrected chi connectivity index (χ0v) is 8.04. The maximum atomic E-state index is 5.16. The molecule has 2 nitrogen and oxygen atoms in total. The molecule has 0 fully saturated rings. The van der Waals surface area contributed by atoms with Crippen LogP contribution in [0.15, 0.2) is 35.8 Å². The number of hydrogen-bond donors (Lipinski definition) is 0. The Bertz CT molecular complexity index is 384. The van der Waals surface area contributed by atoms with Crippen LogP contribution in [0.1, 0.15) is 0 Å². The number of rotatable bonds is 2. The highest BCUT2D eigenvalue weighted by molar-refractivity contribution is 7.13. The summed E-state index contributed by atoms with van der Waals surface area (Å²) in [6.45, 7) is 0. The molecule has 13 heavy (non-hydrogen) atoms. The Kier molecular flexibility index (Phi) is 2.27. The summed E-state index contributed by atoms with van der Waals surface area (Å²) < 4.78 is 5.16. The first-order valence-electron chi connectivity index (χ1n) is 3.94. The summed E-state index contributed by atoms with van der Waals surface area (Å²) in [6.07, 6.45) is 1.73. The number of ether oxygens (including phenoxy) is 1. The van der Waals surface area contributed by atoms with E-state index in [1.54, 1.807) is 24.6 Å². The fourth-order valence-electron chi connectivity index (χ4n) is 1.17. The van der Waals surface area contributed by atoms with E-state index in [2.05, 4.69) is 11.1 Å². The van der Waals surface area contributed by atoms with Crippen LogP contribution in [-0.2, 0) is 0 Å². The molecule has 0 unspecified atom stereocenters. The third-order valence-electron chi connectivity index (χ3n) is 1.75. The van der Waals surface area contributed by atoms with Crippen molar-refractivity contribution in [2.24, 2.45) is 0 Å². The monoisotopic (exact) mass is 191 g/mol. The Morgan fingerprint density at radius 3 is 2.92 bits per heavy atom. The van der Waals surface area contributed by atoms with E-state index in [9.17, 15) is 0 Å². The normalized spacial score (nSPS) is 9.92. The van der Waals surface area contributed by atoms with E-state index in [4.69, 9.17) is 4.74 Å². The van der Waals surface area contributed by atoms with Crippen LogP contribution in [0.3, 0.4) is 0 Å². The van der Waals surface area contributed by atoms with Crippen molar-refractivity contribution in [1.82, 2.24) is 4.98 Å². The predicted molar refractivity (Wildman–Crippen MR) is 54.1 cm³/mol. The maximum absolute atomic E-state index is 5.16. The smallest absolute Gasteiger partial charge is 0.221 e. The number of methoxy groups -OCH3 is 1. The number of thiophene rings is 1. The van der Waals surface area contributed by atoms with Gasteiger partial charge in [-0.15, -0.1) is 11.3 Å². The first-order valence-corrected chi connectivity index (χ1v) is 4.82. The van der Waals surface area contributed by atoms with Crippen molar-refractivity contribution in [2.75, 3.05) is 7.11 Å². The van der Waals surface area contributed by atoms with E-state index in [-0.39, 0.29) is 0 Å². The topological polar surface area (TPSA) is 22.1 Å². The van der Waals surface area contributed by atoms with Crippen molar-refractivity contribution in [1.29, 1.82) is 0 Å². The standard InChI is InChI=1S/C10H9NOS/c1-12-10-8(4-2-6-11-10)9-5-3-7-13-9/h2-7H,1H3. The highest BCUT2D eigenvalue weighted by Gasteiger charge is 2.05. The molecule has 0 radical (unpaired) electrons. The molecular formula is C10H9NOS. The van der Waals surface area contributed by atoms with Gasteiger partial charge in [-0.3, -0.25) is 0 Å². The molecule has 3 heteroatoms. The molecule has 2 heterocycles. The van der Waals surface area contributed by atoms with E-state index < -0.39 is 0 Å². The molecule has 2 aromatic heterocycles. The van der Waals surface area contributed by atoms with Gasteiger partial charge in [0.25, 0.3) is 0 Å². The maximum Gasteiger partial charge on any atom is 0.221 e. The summed E-state index contributed by atoms with van der Waals surface area (Å²) in [7, 11) is 1.64. The summed E-state index contributed by atoms with van der Waals surface area (Å²) in [4.78, 5) is 5.32. The van der Waals surface area contributed by atoms with Crippen LogP contribution in [0.2, 0.25) is 0 Å². The minimum atomic E-state index is 0.685. The first-order chi connectivity index (χ1) is 6.42. The fourth-order valence-corrected chi connectivity index (χ4v) is 1.92. The van der Waals surface area contributed by atoms with Crippen molar-refractivity contribution in [3.05, 3.63) is 35.8 Å². The van der Waals surface area contributed by atoms with Gasteiger partial charge in [-0.25, -0.2) is 4.98 Å². The summed E-state index contributed by atoms with van der Waals surface area (Å²) in [6, 6.07) is 8.01. The summed E-state index contributed by atoms with van der Waals surface area (Å²) in [5.74, 6) is 0.685. The molecule has 2 rings (SSSR count). The van der Waals surface area contributed by atoms with Gasteiger partial charge in [-0.1, -0.05) is 6.07 Å². The number of pyridine rings is 1. The lowest BCUT2D eigenvalue weighted by Crippen LogP contribution is -1.88. The molecule has 0 aliphatic rings. The zero-order valence-electron chi connectivity index (χ0n) is 7.23. The highest BCUT2D eigenvalue weighted by atomic mass is 32.1. The van der Waals surface area contributed by atoms with Crippen LogP contribution in [-0.4, -0.2) is 12.1 Å². The second kappa shape index (κ2) is 3.58. The Balaban J connectivity index is 2.51. The molecule has 0 aromatic carbocycles. The quantitative estimate of drug-likeness (QED) is 0.728. The molecule has 66 valence electrons. The van der Waals surface area contributed by atoms with Crippen LogP contribution in [0.4, 0.5) is 0 Å². The number of aromatic nitrogens is 1. The molecular weight excluding hydrogens is 182 g/mol. The largest absolute Gasteiger partial charge is 0.481 e. The molecule has 0 spiro atoms. The van der Waals surface area contributed by atoms with Gasteiger partial charge in [-0.05, 0) is 23.6 Å². The van der Waals surface area contributed by atoms with Crippen molar-refractivity contribution >= 4 is 11.3 Å². The molecule has 2 aromatic rings. The molecule has 0 saturated heterocycles. The van der Waals surface area contributed by atoms with Gasteiger partial charge in [-0.2, -0.15) is 0 Å². The van der Waals surface area contributed by atoms with Gasteiger partial charge in [0.1, 0.15) is 0 Å². The van der Waals surface area contributed by atoms with Crippen molar-refractivity contribution in [3.63, 3.8) is 0 Å². The van der Waals surface area contributed by atoms with E-state index in [1.807, 2.05) is 23.6 Å². The van der Waals surface area contributed by atoms with Gasteiger partial charge in [0.2, 0.25) is 5.88 Å². The van der Waals surface area contributed by atoms with E-state index in [0.717, 1.165) is 5.56 Å². The van der Waals surface area contributed by atoms with E-state index in [1.165, 1.54) is 4.88 Å². The lowest BCUT2D eigenvalue weighted by atomic mass is 10.2. The van der Waals surface area contributed by atoms with Crippen LogP contribution < -0.4 is 4.74 Å². The van der Waals surface area contributed by atoms with Gasteiger partial charge in [0.05, 0.1) is 12.7 Å². The third-order valence-corrected chi connectivity index (χ3v) is 2.65. The van der Waals surface area contributed by atoms with Crippen LogP contribution in [0.25, 0.3) is 10.4 Å². The van der Waals surface area contributed by atoms with E-state index in [0.29, 0.717) is 5.88 Å². The van der Waals surface area contributed by atoms with Crippen molar-refractivity contribution in [2.45, 2.75) is 0 Å². The third kappa shape index (κ3) is 1.55. The lowest BCUT2D eigenvalue weighted by molar-refractivity contribution is 0.400. The Labute approximate surface area is 80.8 Å². The molecule has 0 aliphatic carbocycles. The summed E-state index contributed by atoms with van der Waals surface area (Å²) in [5, 5.41) is 2.04. The molecule has 0 aliphatic heterocycles. The van der Waals surface area contributed by atoms with Crippen molar-refractivity contribution < 1.29 is 4.74 Å². The van der Waals surface area contributed by atoms with Crippen LogP contribution >= 0.6 is 11.3 Å². The minimum Gasteiger partial charge on any atom is -0.481 e. The number of hydrogen-bond acceptors (Lipinski definition) is 3. The predicted octanol–water partition coefficient (Wildman–Crippen LogP) is 2.82. The summed E-state index contributed by atoms with van der Waals surface area (Å²) >= 11 is 1.69. The second-order valence-electron chi connectivity index (χ2n) is 2.54. The Morgan fingerprint density at radius 1 is 1.31 bits per heavy atom. The van der Waals surface area contributed by atoms with Crippen molar-refractivity contribution in [3.8, 4) is 16.3 Å². The average molecular weight is 191 g/mol. The Hall–Kier alpha value is -1.35. The molecule has 0 amide bonds. The molecule has 0 atom stereocenters. The highest BCUT2D eigenvalue weighted by Crippen LogP contribution is 2.30. The second-order valence-corrected chi connectivity index (χ2v) is 3.49. The number of nitrogens with zero attached hydrogens (tertiary/aromatic N) is 1. The SMILES string of the molecule is COc1ncccc1-c1cccs1. The zero-order chi connectivity index (χ0) is 9.10. The van der Waals surface area contributed by atoms with Gasteiger partial charge in [0.15, 0.2) is 0 Å². The van der Waals surface area contributed by atoms with Gasteiger partial charge < -0.3 is 4.74 Å². The van der Waals surface area contributed by atoms with Gasteiger partial charge >= 0.3 is 0 Å². The van der Waals surface area contributed by atoms with Crippen LogP contribution in [0, 0.1) is 0 Å². The lowest BCUT2D eigenvalue weighted by Gasteiger charge is -2.03. The average Bonchev–Trinajstić information content (AvgIpc) is 2.70. The van der Waals surface area contributed by atoms with Crippen LogP contribution in [0.5, 0.6) is 5.88 Å². The first kappa shape index (κ1) is 8.26. The molecule has 0 saturated carbocycles. The summed E-state index contributed by atoms with van der Waals surface area (Å²) in [5.41, 5.74) is 1.06. The molecule has 0 N–H and O–H groups in total. The van der Waals surface area contributed by atoms with Gasteiger partial charge in [0, 0.05) is 11.1 Å². The Morgan fingerprint density at radius 2 is 2.23 bits per heavy atom.